The number of rotatable bonds is 4. The van der Waals surface area contributed by atoms with E-state index in [2.05, 4.69) is 15.3 Å². The second kappa shape index (κ2) is 6.54. The van der Waals surface area contributed by atoms with Crippen molar-refractivity contribution in [3.63, 3.8) is 0 Å². The summed E-state index contributed by atoms with van der Waals surface area (Å²) in [5.41, 5.74) is 0.523. The van der Waals surface area contributed by atoms with Crippen LogP contribution in [0.1, 0.15) is 24.7 Å². The summed E-state index contributed by atoms with van der Waals surface area (Å²) in [5, 5.41) is 2.98. The molecule has 0 fully saturated rings. The van der Waals surface area contributed by atoms with E-state index in [0.717, 1.165) is 18.6 Å². The van der Waals surface area contributed by atoms with Gasteiger partial charge >= 0.3 is 0 Å². The van der Waals surface area contributed by atoms with Crippen LogP contribution in [0.2, 0.25) is 10.2 Å². The van der Waals surface area contributed by atoms with Gasteiger partial charge in [-0.2, -0.15) is 0 Å². The van der Waals surface area contributed by atoms with E-state index in [-0.39, 0.29) is 15.9 Å². The largest absolute Gasteiger partial charge is 0.336 e. The molecule has 0 unspecified atom stereocenters. The molecule has 21 heavy (non-hydrogen) atoms. The van der Waals surface area contributed by atoms with Crippen molar-refractivity contribution >= 4 is 34.7 Å². The fourth-order valence-electron chi connectivity index (χ4n) is 1.77. The first-order valence-corrected chi connectivity index (χ1v) is 7.12. The van der Waals surface area contributed by atoms with Gasteiger partial charge in [0.25, 0.3) is 0 Å². The van der Waals surface area contributed by atoms with E-state index in [1.54, 1.807) is 6.92 Å². The smallest absolute Gasteiger partial charge is 0.151 e. The van der Waals surface area contributed by atoms with Crippen molar-refractivity contribution in [1.82, 2.24) is 9.97 Å². The number of hydrogen-bond donors (Lipinski definition) is 1. The molecule has 0 amide bonds. The third-order valence-electron chi connectivity index (χ3n) is 2.86. The first-order chi connectivity index (χ1) is 9.92. The van der Waals surface area contributed by atoms with Crippen molar-refractivity contribution in [2.75, 3.05) is 5.32 Å². The predicted molar refractivity (Wildman–Crippen MR) is 80.4 cm³/mol. The molecule has 2 aromatic rings. The first-order valence-electron chi connectivity index (χ1n) is 6.37. The second-order valence-electron chi connectivity index (χ2n) is 4.52. The van der Waals surface area contributed by atoms with Crippen molar-refractivity contribution in [3.8, 4) is 0 Å². The fourth-order valence-corrected chi connectivity index (χ4v) is 2.20. The molecule has 0 atom stereocenters. The molecule has 0 bridgehead atoms. The van der Waals surface area contributed by atoms with Gasteiger partial charge in [-0.05, 0) is 19.4 Å². The molecule has 7 heteroatoms. The zero-order chi connectivity index (χ0) is 15.6. The number of aryl methyl sites for hydroxylation is 1. The molecule has 1 aromatic carbocycles. The molecule has 1 N–H and O–H groups in total. The van der Waals surface area contributed by atoms with Crippen LogP contribution in [0.5, 0.6) is 0 Å². The van der Waals surface area contributed by atoms with Gasteiger partial charge in [-0.25, -0.2) is 18.7 Å². The standard InChI is InChI=1S/C14H13Cl2F2N3/c1-3-4-11-19-13(16)7(2)14(20-11)21-12-9(15)5-8(17)6-10(12)18/h5-6H,3-4H2,1-2H3,(H,19,20,21). The maximum atomic E-state index is 13.8. The Morgan fingerprint density at radius 1 is 1.19 bits per heavy atom. The zero-order valence-corrected chi connectivity index (χ0v) is 13.0. The SMILES string of the molecule is CCCc1nc(Cl)c(C)c(Nc2c(F)cc(F)cc2Cl)n1. The predicted octanol–water partition coefficient (Wildman–Crippen LogP) is 5.07. The molecule has 0 aliphatic rings. The lowest BCUT2D eigenvalue weighted by Crippen LogP contribution is -2.05. The number of anilines is 2. The monoisotopic (exact) mass is 331 g/mol. The number of benzene rings is 1. The van der Waals surface area contributed by atoms with Crippen LogP contribution >= 0.6 is 23.2 Å². The molecule has 0 saturated heterocycles. The van der Waals surface area contributed by atoms with Crippen LogP contribution in [0.3, 0.4) is 0 Å². The number of hydrogen-bond acceptors (Lipinski definition) is 3. The molecule has 0 aliphatic carbocycles. The van der Waals surface area contributed by atoms with Gasteiger partial charge in [0.2, 0.25) is 0 Å². The first kappa shape index (κ1) is 15.9. The number of halogens is 4. The third kappa shape index (κ3) is 3.60. The maximum absolute atomic E-state index is 13.8. The van der Waals surface area contributed by atoms with Gasteiger partial charge in [0, 0.05) is 18.1 Å². The molecule has 3 nitrogen and oxygen atoms in total. The van der Waals surface area contributed by atoms with E-state index in [0.29, 0.717) is 23.6 Å². The Morgan fingerprint density at radius 2 is 1.90 bits per heavy atom. The summed E-state index contributed by atoms with van der Waals surface area (Å²) >= 11 is 11.9. The highest BCUT2D eigenvalue weighted by Gasteiger charge is 2.14. The second-order valence-corrected chi connectivity index (χ2v) is 5.29. The Labute approximate surface area is 131 Å². The molecule has 0 saturated carbocycles. The van der Waals surface area contributed by atoms with Gasteiger partial charge in [-0.15, -0.1) is 0 Å². The van der Waals surface area contributed by atoms with Crippen LogP contribution in [-0.2, 0) is 6.42 Å². The van der Waals surface area contributed by atoms with Crippen LogP contribution in [0.25, 0.3) is 0 Å². The van der Waals surface area contributed by atoms with E-state index < -0.39 is 11.6 Å². The van der Waals surface area contributed by atoms with Crippen molar-refractivity contribution in [3.05, 3.63) is 45.3 Å². The van der Waals surface area contributed by atoms with E-state index in [4.69, 9.17) is 23.2 Å². The summed E-state index contributed by atoms with van der Waals surface area (Å²) in [6.45, 7) is 3.69. The van der Waals surface area contributed by atoms with Crippen molar-refractivity contribution < 1.29 is 8.78 Å². The Balaban J connectivity index is 2.44. The Morgan fingerprint density at radius 3 is 2.52 bits per heavy atom. The molecule has 0 radical (unpaired) electrons. The minimum Gasteiger partial charge on any atom is -0.336 e. The minimum atomic E-state index is -0.800. The molecule has 0 spiro atoms. The Bertz CT molecular complexity index is 655. The molecular weight excluding hydrogens is 319 g/mol. The lowest BCUT2D eigenvalue weighted by atomic mass is 10.2. The highest BCUT2D eigenvalue weighted by molar-refractivity contribution is 6.33. The fraction of sp³-hybridized carbons (Fsp3) is 0.286. The Kier molecular flexibility index (Phi) is 4.96. The topological polar surface area (TPSA) is 37.8 Å². The van der Waals surface area contributed by atoms with E-state index in [1.807, 2.05) is 6.92 Å². The van der Waals surface area contributed by atoms with Crippen molar-refractivity contribution in [2.45, 2.75) is 26.7 Å². The van der Waals surface area contributed by atoms with Gasteiger partial charge in [0.15, 0.2) is 5.82 Å². The van der Waals surface area contributed by atoms with E-state index >= 15 is 0 Å². The van der Waals surface area contributed by atoms with Crippen LogP contribution < -0.4 is 5.32 Å². The number of aromatic nitrogens is 2. The molecule has 1 heterocycles. The number of nitrogens with one attached hydrogen (secondary N) is 1. The van der Waals surface area contributed by atoms with Crippen LogP contribution in [0.4, 0.5) is 20.3 Å². The summed E-state index contributed by atoms with van der Waals surface area (Å²) < 4.78 is 26.9. The van der Waals surface area contributed by atoms with Gasteiger partial charge in [0.05, 0.1) is 10.7 Å². The molecule has 0 aliphatic heterocycles. The van der Waals surface area contributed by atoms with Crippen molar-refractivity contribution in [1.29, 1.82) is 0 Å². The molecule has 1 aromatic heterocycles. The lowest BCUT2D eigenvalue weighted by Gasteiger charge is -2.13. The maximum Gasteiger partial charge on any atom is 0.151 e. The van der Waals surface area contributed by atoms with Gasteiger partial charge < -0.3 is 5.32 Å². The Hall–Kier alpha value is -1.46. The van der Waals surface area contributed by atoms with E-state index in [1.165, 1.54) is 0 Å². The van der Waals surface area contributed by atoms with Crippen LogP contribution in [-0.4, -0.2) is 9.97 Å². The van der Waals surface area contributed by atoms with Crippen LogP contribution in [0.15, 0.2) is 12.1 Å². The quantitative estimate of drug-likeness (QED) is 0.795. The van der Waals surface area contributed by atoms with Gasteiger partial charge in [0.1, 0.15) is 22.6 Å². The van der Waals surface area contributed by atoms with Gasteiger partial charge in [-0.1, -0.05) is 30.1 Å². The summed E-state index contributed by atoms with van der Waals surface area (Å²) in [4.78, 5) is 8.45. The summed E-state index contributed by atoms with van der Waals surface area (Å²) in [5.74, 6) is -0.640. The third-order valence-corrected chi connectivity index (χ3v) is 3.52. The van der Waals surface area contributed by atoms with Gasteiger partial charge in [-0.3, -0.25) is 0 Å². The average Bonchev–Trinajstić information content (AvgIpc) is 2.39. The summed E-state index contributed by atoms with van der Waals surface area (Å²) in [7, 11) is 0. The highest BCUT2D eigenvalue weighted by Crippen LogP contribution is 2.31. The minimum absolute atomic E-state index is 0.0432. The molecular formula is C14H13Cl2F2N3. The average molecular weight is 332 g/mol. The normalized spacial score (nSPS) is 10.8. The highest BCUT2D eigenvalue weighted by atomic mass is 35.5. The van der Waals surface area contributed by atoms with Crippen molar-refractivity contribution in [2.24, 2.45) is 0 Å². The van der Waals surface area contributed by atoms with E-state index in [9.17, 15) is 8.78 Å². The molecule has 112 valence electrons. The van der Waals surface area contributed by atoms with Crippen LogP contribution in [0, 0.1) is 18.6 Å². The number of nitrogens with zero attached hydrogens (tertiary/aromatic N) is 2. The molecule has 2 rings (SSSR count). The zero-order valence-electron chi connectivity index (χ0n) is 11.5. The summed E-state index contributed by atoms with van der Waals surface area (Å²) in [6, 6.07) is 1.78. The lowest BCUT2D eigenvalue weighted by molar-refractivity contribution is 0.586. The summed E-state index contributed by atoms with van der Waals surface area (Å²) in [6.07, 6.45) is 1.50.